The average molecular weight is 327 g/mol. The van der Waals surface area contributed by atoms with Gasteiger partial charge in [0.1, 0.15) is 0 Å². The van der Waals surface area contributed by atoms with Crippen molar-refractivity contribution in [3.63, 3.8) is 0 Å². The Morgan fingerprint density at radius 3 is 2.75 bits per heavy atom. The SMILES string of the molecule is C=Cc1sc2c(sc3ccccc32)c1SBr. The summed E-state index contributed by atoms with van der Waals surface area (Å²) in [5, 5.41) is 1.36. The van der Waals surface area contributed by atoms with Gasteiger partial charge in [0.05, 0.1) is 14.3 Å². The van der Waals surface area contributed by atoms with E-state index in [1.54, 1.807) is 10.2 Å². The summed E-state index contributed by atoms with van der Waals surface area (Å²) in [7, 11) is 1.63. The number of halogens is 1. The molecule has 0 spiro atoms. The van der Waals surface area contributed by atoms with E-state index in [2.05, 4.69) is 45.7 Å². The maximum absolute atomic E-state index is 3.88. The highest BCUT2D eigenvalue weighted by Gasteiger charge is 2.14. The molecular weight excluding hydrogens is 320 g/mol. The topological polar surface area (TPSA) is 0 Å². The van der Waals surface area contributed by atoms with Gasteiger partial charge >= 0.3 is 0 Å². The summed E-state index contributed by atoms with van der Waals surface area (Å²) in [4.78, 5) is 2.56. The molecule has 0 saturated carbocycles. The Morgan fingerprint density at radius 2 is 2.00 bits per heavy atom. The zero-order valence-electron chi connectivity index (χ0n) is 8.20. The van der Waals surface area contributed by atoms with Crippen LogP contribution in [0.5, 0.6) is 0 Å². The van der Waals surface area contributed by atoms with Gasteiger partial charge in [0.2, 0.25) is 0 Å². The van der Waals surface area contributed by atoms with Crippen LogP contribution in [0.4, 0.5) is 0 Å². The van der Waals surface area contributed by atoms with E-state index in [4.69, 9.17) is 0 Å². The van der Waals surface area contributed by atoms with Crippen molar-refractivity contribution in [3.8, 4) is 0 Å². The predicted octanol–water partition coefficient (Wildman–Crippen LogP) is 6.16. The molecule has 1 aromatic carbocycles. The van der Waals surface area contributed by atoms with Gasteiger partial charge in [0.15, 0.2) is 0 Å². The Labute approximate surface area is 113 Å². The van der Waals surface area contributed by atoms with Crippen LogP contribution in [0, 0.1) is 0 Å². The third kappa shape index (κ3) is 1.48. The molecule has 2 heterocycles. The molecule has 0 N–H and O–H groups in total. The summed E-state index contributed by atoms with van der Waals surface area (Å²) in [6, 6.07) is 8.57. The third-order valence-corrected chi connectivity index (χ3v) is 6.80. The standard InChI is InChI=1S/C12H7BrS3/c1-2-8-11(16-13)12-10(14-8)7-5-3-4-6-9(7)15-12/h2-6H,1H2. The van der Waals surface area contributed by atoms with Crippen molar-refractivity contribution in [1.82, 2.24) is 0 Å². The minimum atomic E-state index is 1.26. The van der Waals surface area contributed by atoms with Gasteiger partial charge in [-0.3, -0.25) is 0 Å². The van der Waals surface area contributed by atoms with Crippen LogP contribution in [-0.4, -0.2) is 0 Å². The molecule has 0 bridgehead atoms. The summed E-state index contributed by atoms with van der Waals surface area (Å²) in [6.07, 6.45) is 1.94. The van der Waals surface area contributed by atoms with E-state index in [0.29, 0.717) is 0 Å². The van der Waals surface area contributed by atoms with Crippen LogP contribution in [-0.2, 0) is 0 Å². The molecule has 3 rings (SSSR count). The summed E-state index contributed by atoms with van der Waals surface area (Å²) in [5.41, 5.74) is 0. The number of hydrogen-bond donors (Lipinski definition) is 0. The van der Waals surface area contributed by atoms with Gasteiger partial charge in [0.25, 0.3) is 0 Å². The lowest BCUT2D eigenvalue weighted by atomic mass is 10.2. The molecule has 0 radical (unpaired) electrons. The van der Waals surface area contributed by atoms with E-state index < -0.39 is 0 Å². The molecule has 0 amide bonds. The fourth-order valence-electron chi connectivity index (χ4n) is 1.75. The Bertz CT molecular complexity index is 678. The maximum Gasteiger partial charge on any atom is 0.0614 e. The fraction of sp³-hybridized carbons (Fsp3) is 0. The monoisotopic (exact) mass is 326 g/mol. The van der Waals surface area contributed by atoms with Crippen LogP contribution in [0.1, 0.15) is 4.88 Å². The summed E-state index contributed by atoms with van der Waals surface area (Å²) < 4.78 is 4.13. The fourth-order valence-corrected chi connectivity index (χ4v) is 6.71. The molecule has 0 unspecified atom stereocenters. The van der Waals surface area contributed by atoms with Crippen molar-refractivity contribution in [2.24, 2.45) is 0 Å². The second kappa shape index (κ2) is 4.18. The zero-order chi connectivity index (χ0) is 11.1. The van der Waals surface area contributed by atoms with E-state index in [1.165, 1.54) is 29.3 Å². The van der Waals surface area contributed by atoms with Crippen LogP contribution in [0.3, 0.4) is 0 Å². The first-order valence-corrected chi connectivity index (χ1v) is 8.99. The smallest absolute Gasteiger partial charge is 0.0614 e. The normalized spacial score (nSPS) is 11.3. The zero-order valence-corrected chi connectivity index (χ0v) is 12.2. The van der Waals surface area contributed by atoms with Crippen molar-refractivity contribution in [3.05, 3.63) is 35.7 Å². The van der Waals surface area contributed by atoms with E-state index in [9.17, 15) is 0 Å². The molecule has 80 valence electrons. The molecule has 3 aromatic rings. The molecule has 4 heteroatoms. The summed E-state index contributed by atoms with van der Waals surface area (Å²) in [6.45, 7) is 3.88. The molecular formula is C12H7BrS3. The Kier molecular flexibility index (Phi) is 2.83. The van der Waals surface area contributed by atoms with Crippen LogP contribution in [0.25, 0.3) is 25.6 Å². The first-order valence-electron chi connectivity index (χ1n) is 4.70. The minimum absolute atomic E-state index is 1.26. The quantitative estimate of drug-likeness (QED) is 0.543. The molecule has 0 fully saturated rings. The highest BCUT2D eigenvalue weighted by molar-refractivity contribution is 9.50. The first kappa shape index (κ1) is 10.8. The predicted molar refractivity (Wildman–Crippen MR) is 82.1 cm³/mol. The number of rotatable bonds is 2. The van der Waals surface area contributed by atoms with Crippen LogP contribution >= 0.6 is 47.7 Å². The Morgan fingerprint density at radius 1 is 1.19 bits per heavy atom. The lowest BCUT2D eigenvalue weighted by Crippen LogP contribution is -1.62. The van der Waals surface area contributed by atoms with Gasteiger partial charge in [-0.1, -0.05) is 30.9 Å². The highest BCUT2D eigenvalue weighted by atomic mass is 79.9. The molecule has 0 aliphatic heterocycles. The van der Waals surface area contributed by atoms with E-state index in [-0.39, 0.29) is 0 Å². The average Bonchev–Trinajstić information content (AvgIpc) is 2.83. The number of benzene rings is 1. The van der Waals surface area contributed by atoms with E-state index in [1.807, 2.05) is 28.7 Å². The molecule has 0 aliphatic carbocycles. The maximum atomic E-state index is 3.88. The number of fused-ring (bicyclic) bond motifs is 3. The van der Waals surface area contributed by atoms with E-state index in [0.717, 1.165) is 0 Å². The van der Waals surface area contributed by atoms with Gasteiger partial charge in [-0.25, -0.2) is 0 Å². The van der Waals surface area contributed by atoms with Gasteiger partial charge < -0.3 is 0 Å². The summed E-state index contributed by atoms with van der Waals surface area (Å²) >= 11 is 7.18. The molecule has 16 heavy (non-hydrogen) atoms. The Balaban J connectivity index is 2.49. The molecule has 2 aromatic heterocycles. The van der Waals surface area contributed by atoms with Crippen molar-refractivity contribution in [1.29, 1.82) is 0 Å². The van der Waals surface area contributed by atoms with Crippen LogP contribution in [0.15, 0.2) is 35.7 Å². The molecule has 0 atom stereocenters. The number of hydrogen-bond acceptors (Lipinski definition) is 3. The van der Waals surface area contributed by atoms with Gasteiger partial charge in [-0.05, 0) is 31.1 Å². The van der Waals surface area contributed by atoms with Gasteiger partial charge in [-0.15, -0.1) is 22.7 Å². The lowest BCUT2D eigenvalue weighted by molar-refractivity contribution is 1.69. The second-order valence-electron chi connectivity index (χ2n) is 3.33. The van der Waals surface area contributed by atoms with E-state index >= 15 is 0 Å². The third-order valence-electron chi connectivity index (χ3n) is 2.45. The van der Waals surface area contributed by atoms with Crippen LogP contribution in [0.2, 0.25) is 0 Å². The first-order chi connectivity index (χ1) is 7.85. The van der Waals surface area contributed by atoms with Gasteiger partial charge in [0, 0.05) is 15.0 Å². The minimum Gasteiger partial charge on any atom is -0.133 e. The Hall–Kier alpha value is -0.290. The largest absolute Gasteiger partial charge is 0.133 e. The number of thiophene rings is 2. The summed E-state index contributed by atoms with van der Waals surface area (Å²) in [5.74, 6) is 0. The lowest BCUT2D eigenvalue weighted by Gasteiger charge is -1.91. The molecule has 0 saturated heterocycles. The highest BCUT2D eigenvalue weighted by Crippen LogP contribution is 2.48. The van der Waals surface area contributed by atoms with Crippen molar-refractivity contribution in [2.45, 2.75) is 4.90 Å². The molecule has 0 nitrogen and oxygen atoms in total. The van der Waals surface area contributed by atoms with Crippen molar-refractivity contribution in [2.75, 3.05) is 0 Å². The van der Waals surface area contributed by atoms with Crippen molar-refractivity contribution < 1.29 is 0 Å². The van der Waals surface area contributed by atoms with Gasteiger partial charge in [-0.2, -0.15) is 0 Å². The molecule has 0 aliphatic rings. The van der Waals surface area contributed by atoms with Crippen LogP contribution < -0.4 is 0 Å². The van der Waals surface area contributed by atoms with Crippen molar-refractivity contribution >= 4 is 73.2 Å². The second-order valence-corrected chi connectivity index (χ2v) is 6.97.